The number of carbonyl (C=O) groups excluding carboxylic acids is 1. The van der Waals surface area contributed by atoms with Crippen molar-refractivity contribution in [2.24, 2.45) is 0 Å². The molecular weight excluding hydrogens is 230 g/mol. The second kappa shape index (κ2) is 5.04. The first-order valence-corrected chi connectivity index (χ1v) is 5.87. The van der Waals surface area contributed by atoms with Gasteiger partial charge in [-0.2, -0.15) is 0 Å². The lowest BCUT2D eigenvalue weighted by Gasteiger charge is -2.12. The van der Waals surface area contributed by atoms with Gasteiger partial charge >= 0.3 is 5.97 Å². The van der Waals surface area contributed by atoms with Gasteiger partial charge in [-0.05, 0) is 23.9 Å². The van der Waals surface area contributed by atoms with Gasteiger partial charge in [-0.1, -0.05) is 25.1 Å². The molecule has 0 saturated heterocycles. The van der Waals surface area contributed by atoms with E-state index in [1.807, 2.05) is 31.2 Å². The molecule has 1 unspecified atom stereocenters. The molecule has 0 saturated carbocycles. The standard InChI is InChI=1S/C14H15NO3/c1-3-10(14(17)18-2)11-8-9-6-4-5-7-12(9)15-13(11)16/h4-8,10H,3H2,1-2H3,(H,15,16). The van der Waals surface area contributed by atoms with Gasteiger partial charge in [0.15, 0.2) is 0 Å². The molecule has 0 aliphatic rings. The van der Waals surface area contributed by atoms with Crippen molar-refractivity contribution < 1.29 is 9.53 Å². The molecule has 0 aliphatic heterocycles. The Bertz CT molecular complexity index is 630. The quantitative estimate of drug-likeness (QED) is 0.843. The third-order valence-electron chi connectivity index (χ3n) is 3.05. The number of carbonyl (C=O) groups is 1. The van der Waals surface area contributed by atoms with Gasteiger partial charge in [0, 0.05) is 11.1 Å². The lowest BCUT2D eigenvalue weighted by Crippen LogP contribution is -2.22. The zero-order valence-electron chi connectivity index (χ0n) is 10.4. The highest BCUT2D eigenvalue weighted by Crippen LogP contribution is 2.20. The number of benzene rings is 1. The van der Waals surface area contributed by atoms with E-state index in [0.717, 1.165) is 10.9 Å². The fourth-order valence-electron chi connectivity index (χ4n) is 2.08. The Morgan fingerprint density at radius 2 is 2.11 bits per heavy atom. The van der Waals surface area contributed by atoms with Crippen LogP contribution in [0.15, 0.2) is 35.1 Å². The van der Waals surface area contributed by atoms with Gasteiger partial charge in [-0.25, -0.2) is 0 Å². The normalized spacial score (nSPS) is 12.3. The van der Waals surface area contributed by atoms with Gasteiger partial charge in [-0.3, -0.25) is 9.59 Å². The Balaban J connectivity index is 2.59. The summed E-state index contributed by atoms with van der Waals surface area (Å²) in [5.74, 6) is -0.887. The average Bonchev–Trinajstić information content (AvgIpc) is 2.39. The molecule has 0 bridgehead atoms. The number of ether oxygens (including phenoxy) is 1. The summed E-state index contributed by atoms with van der Waals surface area (Å²) >= 11 is 0. The summed E-state index contributed by atoms with van der Waals surface area (Å²) in [5.41, 5.74) is 1.000. The van der Waals surface area contributed by atoms with E-state index in [1.165, 1.54) is 7.11 Å². The van der Waals surface area contributed by atoms with Crippen molar-refractivity contribution in [2.75, 3.05) is 7.11 Å². The van der Waals surface area contributed by atoms with Crippen LogP contribution in [0.2, 0.25) is 0 Å². The van der Waals surface area contributed by atoms with Crippen molar-refractivity contribution in [3.63, 3.8) is 0 Å². The SMILES string of the molecule is CCC(C(=O)OC)c1cc2ccccc2[nH]c1=O. The largest absolute Gasteiger partial charge is 0.469 e. The summed E-state index contributed by atoms with van der Waals surface area (Å²) < 4.78 is 4.73. The summed E-state index contributed by atoms with van der Waals surface area (Å²) in [6.45, 7) is 1.86. The lowest BCUT2D eigenvalue weighted by atomic mass is 9.96. The number of aromatic nitrogens is 1. The van der Waals surface area contributed by atoms with Crippen LogP contribution in [0.4, 0.5) is 0 Å². The molecule has 0 spiro atoms. The van der Waals surface area contributed by atoms with E-state index in [0.29, 0.717) is 12.0 Å². The Hall–Kier alpha value is -2.10. The number of aromatic amines is 1. The van der Waals surface area contributed by atoms with Crippen LogP contribution in [0.1, 0.15) is 24.8 Å². The maximum absolute atomic E-state index is 12.0. The first-order chi connectivity index (χ1) is 8.67. The second-order valence-corrected chi connectivity index (χ2v) is 4.13. The number of pyridine rings is 1. The van der Waals surface area contributed by atoms with Crippen LogP contribution in [-0.2, 0) is 9.53 Å². The molecule has 1 aromatic carbocycles. The molecule has 0 amide bonds. The Labute approximate surface area is 105 Å². The molecule has 1 atom stereocenters. The van der Waals surface area contributed by atoms with Crippen molar-refractivity contribution in [3.05, 3.63) is 46.2 Å². The highest BCUT2D eigenvalue weighted by molar-refractivity contribution is 5.82. The summed E-state index contributed by atoms with van der Waals surface area (Å²) in [5, 5.41) is 0.912. The molecule has 2 rings (SSSR count). The average molecular weight is 245 g/mol. The van der Waals surface area contributed by atoms with Crippen molar-refractivity contribution >= 4 is 16.9 Å². The van der Waals surface area contributed by atoms with Crippen LogP contribution in [0.25, 0.3) is 10.9 Å². The molecule has 1 aromatic heterocycles. The highest BCUT2D eigenvalue weighted by Gasteiger charge is 2.22. The Morgan fingerprint density at radius 1 is 1.39 bits per heavy atom. The number of fused-ring (bicyclic) bond motifs is 1. The van der Waals surface area contributed by atoms with E-state index >= 15 is 0 Å². The molecule has 94 valence electrons. The zero-order chi connectivity index (χ0) is 13.1. The summed E-state index contributed by atoms with van der Waals surface area (Å²) in [7, 11) is 1.33. The molecule has 0 fully saturated rings. The minimum atomic E-state index is -0.511. The van der Waals surface area contributed by atoms with Crippen LogP contribution in [0, 0.1) is 0 Å². The number of H-pyrrole nitrogens is 1. The minimum Gasteiger partial charge on any atom is -0.469 e. The summed E-state index contributed by atoms with van der Waals surface area (Å²) in [6, 6.07) is 9.25. The molecule has 1 heterocycles. The van der Waals surface area contributed by atoms with Gasteiger partial charge in [0.1, 0.15) is 0 Å². The number of hydrogen-bond donors (Lipinski definition) is 1. The fraction of sp³-hybridized carbons (Fsp3) is 0.286. The summed E-state index contributed by atoms with van der Waals surface area (Å²) in [6.07, 6.45) is 0.536. The topological polar surface area (TPSA) is 59.2 Å². The molecule has 0 radical (unpaired) electrons. The molecule has 1 N–H and O–H groups in total. The first kappa shape index (κ1) is 12.4. The molecule has 18 heavy (non-hydrogen) atoms. The monoisotopic (exact) mass is 245 g/mol. The Kier molecular flexibility index (Phi) is 3.46. The van der Waals surface area contributed by atoms with Crippen LogP contribution in [-0.4, -0.2) is 18.1 Å². The number of esters is 1. The smallest absolute Gasteiger partial charge is 0.313 e. The first-order valence-electron chi connectivity index (χ1n) is 5.87. The lowest BCUT2D eigenvalue weighted by molar-refractivity contribution is -0.142. The predicted octanol–water partition coefficient (Wildman–Crippen LogP) is 2.19. The fourth-order valence-corrected chi connectivity index (χ4v) is 2.08. The maximum Gasteiger partial charge on any atom is 0.313 e. The number of methoxy groups -OCH3 is 1. The van der Waals surface area contributed by atoms with E-state index in [-0.39, 0.29) is 11.5 Å². The van der Waals surface area contributed by atoms with Gasteiger partial charge < -0.3 is 9.72 Å². The van der Waals surface area contributed by atoms with Crippen molar-refractivity contribution in [1.29, 1.82) is 0 Å². The van der Waals surface area contributed by atoms with E-state index in [1.54, 1.807) is 6.07 Å². The van der Waals surface area contributed by atoms with Gasteiger partial charge in [-0.15, -0.1) is 0 Å². The van der Waals surface area contributed by atoms with Crippen LogP contribution < -0.4 is 5.56 Å². The molecule has 2 aromatic rings. The summed E-state index contributed by atoms with van der Waals surface area (Å²) in [4.78, 5) is 26.4. The van der Waals surface area contributed by atoms with E-state index in [2.05, 4.69) is 4.98 Å². The van der Waals surface area contributed by atoms with Gasteiger partial charge in [0.25, 0.3) is 5.56 Å². The van der Waals surface area contributed by atoms with E-state index < -0.39 is 5.92 Å². The highest BCUT2D eigenvalue weighted by atomic mass is 16.5. The van der Waals surface area contributed by atoms with Crippen molar-refractivity contribution in [1.82, 2.24) is 4.98 Å². The number of hydrogen-bond acceptors (Lipinski definition) is 3. The number of rotatable bonds is 3. The second-order valence-electron chi connectivity index (χ2n) is 4.13. The van der Waals surface area contributed by atoms with Crippen LogP contribution >= 0.6 is 0 Å². The van der Waals surface area contributed by atoms with E-state index in [4.69, 9.17) is 4.74 Å². The third-order valence-corrected chi connectivity index (χ3v) is 3.05. The van der Waals surface area contributed by atoms with Crippen LogP contribution in [0.5, 0.6) is 0 Å². The molecule has 4 nitrogen and oxygen atoms in total. The number of para-hydroxylation sites is 1. The van der Waals surface area contributed by atoms with Gasteiger partial charge in [0.2, 0.25) is 0 Å². The zero-order valence-corrected chi connectivity index (χ0v) is 10.4. The minimum absolute atomic E-state index is 0.231. The molecule has 4 heteroatoms. The third kappa shape index (κ3) is 2.14. The predicted molar refractivity (Wildman–Crippen MR) is 69.6 cm³/mol. The van der Waals surface area contributed by atoms with Crippen LogP contribution in [0.3, 0.4) is 0 Å². The van der Waals surface area contributed by atoms with Crippen molar-refractivity contribution in [3.8, 4) is 0 Å². The van der Waals surface area contributed by atoms with Crippen molar-refractivity contribution in [2.45, 2.75) is 19.3 Å². The molecule has 0 aliphatic carbocycles. The van der Waals surface area contributed by atoms with E-state index in [9.17, 15) is 9.59 Å². The number of nitrogens with one attached hydrogen (secondary N) is 1. The molecular formula is C14H15NO3. The maximum atomic E-state index is 12.0. The Morgan fingerprint density at radius 3 is 2.78 bits per heavy atom. The van der Waals surface area contributed by atoms with Gasteiger partial charge in [0.05, 0.1) is 13.0 Å².